The van der Waals surface area contributed by atoms with Gasteiger partial charge in [0.15, 0.2) is 0 Å². The number of hydrogen-bond acceptors (Lipinski definition) is 1. The Hall–Kier alpha value is -0.830. The van der Waals surface area contributed by atoms with E-state index in [0.717, 1.165) is 15.9 Å². The predicted molar refractivity (Wildman–Crippen MR) is 60.4 cm³/mol. The SMILES string of the molecule is Cn1nc2cc(Br)ccc2c1C1CC1. The molecule has 1 fully saturated rings. The van der Waals surface area contributed by atoms with E-state index in [-0.39, 0.29) is 0 Å². The third-order valence-corrected chi connectivity index (χ3v) is 3.30. The number of aromatic nitrogens is 2. The Morgan fingerprint density at radius 2 is 2.21 bits per heavy atom. The van der Waals surface area contributed by atoms with Crippen molar-refractivity contribution in [3.8, 4) is 0 Å². The predicted octanol–water partition coefficient (Wildman–Crippen LogP) is 3.21. The second kappa shape index (κ2) is 2.83. The van der Waals surface area contributed by atoms with Crippen molar-refractivity contribution in [3.63, 3.8) is 0 Å². The summed E-state index contributed by atoms with van der Waals surface area (Å²) in [6.45, 7) is 0. The van der Waals surface area contributed by atoms with Gasteiger partial charge in [0.25, 0.3) is 0 Å². The van der Waals surface area contributed by atoms with E-state index in [9.17, 15) is 0 Å². The summed E-state index contributed by atoms with van der Waals surface area (Å²) >= 11 is 3.47. The monoisotopic (exact) mass is 250 g/mol. The van der Waals surface area contributed by atoms with Crippen molar-refractivity contribution >= 4 is 26.8 Å². The van der Waals surface area contributed by atoms with Crippen LogP contribution in [0, 0.1) is 0 Å². The van der Waals surface area contributed by atoms with Gasteiger partial charge in [0.2, 0.25) is 0 Å². The van der Waals surface area contributed by atoms with Gasteiger partial charge < -0.3 is 0 Å². The molecule has 1 aliphatic carbocycles. The summed E-state index contributed by atoms with van der Waals surface area (Å²) in [5.74, 6) is 0.756. The largest absolute Gasteiger partial charge is 0.271 e. The molecule has 1 aromatic heterocycles. The Morgan fingerprint density at radius 1 is 1.43 bits per heavy atom. The van der Waals surface area contributed by atoms with Crippen LogP contribution in [0.1, 0.15) is 24.5 Å². The van der Waals surface area contributed by atoms with E-state index in [2.05, 4.69) is 39.2 Å². The van der Waals surface area contributed by atoms with Crippen LogP contribution < -0.4 is 0 Å². The van der Waals surface area contributed by atoms with Crippen molar-refractivity contribution in [2.45, 2.75) is 18.8 Å². The Kier molecular flexibility index (Phi) is 1.71. The van der Waals surface area contributed by atoms with Crippen LogP contribution in [-0.4, -0.2) is 9.78 Å². The number of benzene rings is 1. The number of nitrogens with zero attached hydrogens (tertiary/aromatic N) is 2. The lowest BCUT2D eigenvalue weighted by Crippen LogP contribution is -1.95. The molecule has 3 rings (SSSR count). The van der Waals surface area contributed by atoms with Gasteiger partial charge >= 0.3 is 0 Å². The normalized spacial score (nSPS) is 16.4. The molecule has 2 aromatic rings. The zero-order valence-electron chi connectivity index (χ0n) is 8.00. The third kappa shape index (κ3) is 1.19. The maximum Gasteiger partial charge on any atom is 0.0937 e. The van der Waals surface area contributed by atoms with E-state index in [1.165, 1.54) is 23.9 Å². The molecule has 0 bridgehead atoms. The highest BCUT2D eigenvalue weighted by atomic mass is 79.9. The van der Waals surface area contributed by atoms with Gasteiger partial charge in [0, 0.05) is 28.5 Å². The first-order valence-electron chi connectivity index (χ1n) is 4.88. The van der Waals surface area contributed by atoms with E-state index in [0.29, 0.717) is 0 Å². The van der Waals surface area contributed by atoms with Gasteiger partial charge in [-0.05, 0) is 31.0 Å². The molecule has 0 radical (unpaired) electrons. The smallest absolute Gasteiger partial charge is 0.0937 e. The first-order chi connectivity index (χ1) is 6.75. The number of halogens is 1. The summed E-state index contributed by atoms with van der Waals surface area (Å²) in [6, 6.07) is 6.34. The van der Waals surface area contributed by atoms with Crippen molar-refractivity contribution in [3.05, 3.63) is 28.4 Å². The van der Waals surface area contributed by atoms with Crippen LogP contribution in [0.15, 0.2) is 22.7 Å². The molecular weight excluding hydrogens is 240 g/mol. The van der Waals surface area contributed by atoms with Crippen LogP contribution in [-0.2, 0) is 7.05 Å². The zero-order chi connectivity index (χ0) is 9.71. The van der Waals surface area contributed by atoms with E-state index in [4.69, 9.17) is 0 Å². The van der Waals surface area contributed by atoms with E-state index in [1.807, 2.05) is 11.7 Å². The van der Waals surface area contributed by atoms with Gasteiger partial charge in [-0.15, -0.1) is 0 Å². The van der Waals surface area contributed by atoms with Crippen molar-refractivity contribution in [2.24, 2.45) is 7.05 Å². The Balaban J connectivity index is 2.32. The topological polar surface area (TPSA) is 17.8 Å². The summed E-state index contributed by atoms with van der Waals surface area (Å²) in [6.07, 6.45) is 2.65. The quantitative estimate of drug-likeness (QED) is 0.760. The summed E-state index contributed by atoms with van der Waals surface area (Å²) in [4.78, 5) is 0. The second-order valence-corrected chi connectivity index (χ2v) is 4.86. The molecule has 0 spiro atoms. The fraction of sp³-hybridized carbons (Fsp3) is 0.364. The van der Waals surface area contributed by atoms with Gasteiger partial charge in [0.1, 0.15) is 0 Å². The van der Waals surface area contributed by atoms with Crippen molar-refractivity contribution in [1.29, 1.82) is 0 Å². The molecule has 0 atom stereocenters. The minimum atomic E-state index is 0.756. The van der Waals surface area contributed by atoms with Gasteiger partial charge in [0.05, 0.1) is 5.52 Å². The standard InChI is InChI=1S/C11H11BrN2/c1-14-11(7-2-3-7)9-5-4-8(12)6-10(9)13-14/h4-7H,2-3H2,1H3. The fourth-order valence-electron chi connectivity index (χ4n) is 2.03. The lowest BCUT2D eigenvalue weighted by atomic mass is 10.1. The summed E-state index contributed by atoms with van der Waals surface area (Å²) in [5, 5.41) is 5.84. The molecule has 0 aliphatic heterocycles. The Bertz CT molecular complexity index is 497. The van der Waals surface area contributed by atoms with E-state index < -0.39 is 0 Å². The molecule has 0 saturated heterocycles. The average Bonchev–Trinajstić information content (AvgIpc) is 2.89. The maximum atomic E-state index is 4.52. The van der Waals surface area contributed by atoms with Crippen LogP contribution in [0.4, 0.5) is 0 Å². The lowest BCUT2D eigenvalue weighted by Gasteiger charge is -1.98. The van der Waals surface area contributed by atoms with Crippen molar-refractivity contribution < 1.29 is 0 Å². The van der Waals surface area contributed by atoms with Gasteiger partial charge in [-0.1, -0.05) is 15.9 Å². The third-order valence-electron chi connectivity index (χ3n) is 2.81. The zero-order valence-corrected chi connectivity index (χ0v) is 9.58. The highest BCUT2D eigenvalue weighted by Crippen LogP contribution is 2.43. The molecule has 3 heteroatoms. The molecule has 1 aromatic carbocycles. The number of aryl methyl sites for hydroxylation is 1. The molecule has 0 N–H and O–H groups in total. The van der Waals surface area contributed by atoms with Crippen LogP contribution in [0.2, 0.25) is 0 Å². The van der Waals surface area contributed by atoms with Gasteiger partial charge in [-0.2, -0.15) is 5.10 Å². The lowest BCUT2D eigenvalue weighted by molar-refractivity contribution is 0.723. The van der Waals surface area contributed by atoms with Crippen LogP contribution in [0.5, 0.6) is 0 Å². The molecule has 0 amide bonds. The van der Waals surface area contributed by atoms with E-state index >= 15 is 0 Å². The minimum absolute atomic E-state index is 0.756. The Labute approximate surface area is 91.0 Å². The molecule has 72 valence electrons. The second-order valence-electron chi connectivity index (χ2n) is 3.94. The van der Waals surface area contributed by atoms with Gasteiger partial charge in [-0.25, -0.2) is 0 Å². The fourth-order valence-corrected chi connectivity index (χ4v) is 2.38. The van der Waals surface area contributed by atoms with Gasteiger partial charge in [-0.3, -0.25) is 4.68 Å². The molecular formula is C11H11BrN2. The number of hydrogen-bond donors (Lipinski definition) is 0. The first kappa shape index (κ1) is 8.48. The molecule has 1 aliphatic rings. The highest BCUT2D eigenvalue weighted by Gasteiger charge is 2.28. The van der Waals surface area contributed by atoms with Crippen LogP contribution >= 0.6 is 15.9 Å². The number of fused-ring (bicyclic) bond motifs is 1. The Morgan fingerprint density at radius 3 is 2.93 bits per heavy atom. The summed E-state index contributed by atoms with van der Waals surface area (Å²) < 4.78 is 3.14. The van der Waals surface area contributed by atoms with Crippen molar-refractivity contribution in [1.82, 2.24) is 9.78 Å². The first-order valence-corrected chi connectivity index (χ1v) is 5.67. The number of rotatable bonds is 1. The molecule has 1 saturated carbocycles. The highest BCUT2D eigenvalue weighted by molar-refractivity contribution is 9.10. The molecule has 0 unspecified atom stereocenters. The molecule has 2 nitrogen and oxygen atoms in total. The average molecular weight is 251 g/mol. The van der Waals surface area contributed by atoms with Crippen LogP contribution in [0.3, 0.4) is 0 Å². The molecule has 1 heterocycles. The molecule has 14 heavy (non-hydrogen) atoms. The van der Waals surface area contributed by atoms with E-state index in [1.54, 1.807) is 0 Å². The maximum absolute atomic E-state index is 4.52. The van der Waals surface area contributed by atoms with Crippen molar-refractivity contribution in [2.75, 3.05) is 0 Å². The summed E-state index contributed by atoms with van der Waals surface area (Å²) in [7, 11) is 2.04. The van der Waals surface area contributed by atoms with Crippen LogP contribution in [0.25, 0.3) is 10.9 Å². The summed E-state index contributed by atoms with van der Waals surface area (Å²) in [5.41, 5.74) is 2.51. The minimum Gasteiger partial charge on any atom is -0.271 e.